The number of nitrogens with zero attached hydrogens (tertiary/aromatic N) is 3. The van der Waals surface area contributed by atoms with E-state index in [4.69, 9.17) is 4.74 Å². The van der Waals surface area contributed by atoms with Crippen LogP contribution in [-0.4, -0.2) is 53.6 Å². The van der Waals surface area contributed by atoms with E-state index in [1.807, 2.05) is 10.8 Å². The van der Waals surface area contributed by atoms with Crippen LogP contribution >= 0.6 is 0 Å². The van der Waals surface area contributed by atoms with Crippen LogP contribution < -0.4 is 4.74 Å². The lowest BCUT2D eigenvalue weighted by atomic mass is 10.1. The average molecular weight is 279 g/mol. The third kappa shape index (κ3) is 3.61. The highest BCUT2D eigenvalue weighted by Gasteiger charge is 2.19. The Morgan fingerprint density at radius 2 is 2.25 bits per heavy atom. The maximum Gasteiger partial charge on any atom is 0.164 e. The molecule has 1 aliphatic carbocycles. The monoisotopic (exact) mass is 279 g/mol. The number of aromatic nitrogens is 2. The number of allylic oxidation sites excluding steroid dienone is 1. The molecule has 2 rings (SSSR count). The Bertz CT molecular complexity index is 466. The SMILES string of the molecule is COc1cnn(CCN(C)C)c1C1=CC(O)CCCC1. The van der Waals surface area contributed by atoms with E-state index < -0.39 is 0 Å². The average Bonchev–Trinajstić information content (AvgIpc) is 2.71. The van der Waals surface area contributed by atoms with Crippen LogP contribution in [0.25, 0.3) is 5.57 Å². The third-order valence-electron chi connectivity index (χ3n) is 3.68. The van der Waals surface area contributed by atoms with Crippen molar-refractivity contribution in [2.45, 2.75) is 38.3 Å². The maximum absolute atomic E-state index is 9.98. The summed E-state index contributed by atoms with van der Waals surface area (Å²) in [7, 11) is 5.77. The standard InChI is InChI=1S/C15H25N3O2/c1-17(2)8-9-18-15(14(20-3)11-16-18)12-6-4-5-7-13(19)10-12/h10-11,13,19H,4-9H2,1-3H3. The highest BCUT2D eigenvalue weighted by molar-refractivity contribution is 5.68. The first kappa shape index (κ1) is 15.1. The fourth-order valence-electron chi connectivity index (χ4n) is 2.57. The summed E-state index contributed by atoms with van der Waals surface area (Å²) in [6, 6.07) is 0. The first-order chi connectivity index (χ1) is 9.61. The molecule has 5 nitrogen and oxygen atoms in total. The highest BCUT2D eigenvalue weighted by Crippen LogP contribution is 2.32. The summed E-state index contributed by atoms with van der Waals surface area (Å²) in [6.07, 6.45) is 7.37. The first-order valence-electron chi connectivity index (χ1n) is 7.25. The summed E-state index contributed by atoms with van der Waals surface area (Å²) < 4.78 is 7.43. The van der Waals surface area contributed by atoms with Crippen LogP contribution in [-0.2, 0) is 6.54 Å². The second-order valence-corrected chi connectivity index (χ2v) is 5.59. The van der Waals surface area contributed by atoms with Crippen molar-refractivity contribution in [3.8, 4) is 5.75 Å². The number of rotatable bonds is 5. The van der Waals surface area contributed by atoms with Crippen molar-refractivity contribution < 1.29 is 9.84 Å². The zero-order valence-electron chi connectivity index (χ0n) is 12.7. The van der Waals surface area contributed by atoms with Gasteiger partial charge in [-0.05, 0) is 38.9 Å². The Morgan fingerprint density at radius 3 is 2.95 bits per heavy atom. The summed E-state index contributed by atoms with van der Waals surface area (Å²) in [6.45, 7) is 1.74. The number of aliphatic hydroxyl groups excluding tert-OH is 1. The van der Waals surface area contributed by atoms with Crippen molar-refractivity contribution in [1.29, 1.82) is 0 Å². The molecule has 0 aliphatic heterocycles. The van der Waals surface area contributed by atoms with Crippen molar-refractivity contribution in [1.82, 2.24) is 14.7 Å². The molecule has 1 heterocycles. The number of hydrogen-bond donors (Lipinski definition) is 1. The van der Waals surface area contributed by atoms with Gasteiger partial charge in [-0.1, -0.05) is 12.5 Å². The van der Waals surface area contributed by atoms with E-state index in [0.717, 1.165) is 55.8 Å². The topological polar surface area (TPSA) is 50.5 Å². The number of likely N-dealkylation sites (N-methyl/N-ethyl adjacent to an activating group) is 1. The van der Waals surface area contributed by atoms with Crippen LogP contribution in [0.2, 0.25) is 0 Å². The van der Waals surface area contributed by atoms with Crippen molar-refractivity contribution in [2.75, 3.05) is 27.7 Å². The predicted molar refractivity (Wildman–Crippen MR) is 79.8 cm³/mol. The highest BCUT2D eigenvalue weighted by atomic mass is 16.5. The lowest BCUT2D eigenvalue weighted by Crippen LogP contribution is -2.20. The van der Waals surface area contributed by atoms with Gasteiger partial charge in [0.05, 0.1) is 26.0 Å². The van der Waals surface area contributed by atoms with Crippen LogP contribution in [0.1, 0.15) is 31.4 Å². The fraction of sp³-hybridized carbons (Fsp3) is 0.667. The van der Waals surface area contributed by atoms with E-state index >= 15 is 0 Å². The van der Waals surface area contributed by atoms with E-state index in [1.54, 1.807) is 13.3 Å². The zero-order chi connectivity index (χ0) is 14.5. The van der Waals surface area contributed by atoms with Gasteiger partial charge in [-0.2, -0.15) is 5.10 Å². The molecular formula is C15H25N3O2. The quantitative estimate of drug-likeness (QED) is 0.892. The molecule has 0 spiro atoms. The molecule has 0 amide bonds. The van der Waals surface area contributed by atoms with Gasteiger partial charge < -0.3 is 14.7 Å². The molecule has 20 heavy (non-hydrogen) atoms. The molecule has 112 valence electrons. The molecule has 1 aromatic heterocycles. The molecule has 0 saturated heterocycles. The predicted octanol–water partition coefficient (Wildman–Crippen LogP) is 1.77. The summed E-state index contributed by atoms with van der Waals surface area (Å²) in [5, 5.41) is 14.4. The van der Waals surface area contributed by atoms with Crippen molar-refractivity contribution in [2.24, 2.45) is 0 Å². The van der Waals surface area contributed by atoms with Gasteiger partial charge >= 0.3 is 0 Å². The molecule has 0 saturated carbocycles. The molecule has 0 radical (unpaired) electrons. The van der Waals surface area contributed by atoms with Crippen LogP contribution in [0.15, 0.2) is 12.3 Å². The molecule has 1 atom stereocenters. The number of aliphatic hydroxyl groups is 1. The van der Waals surface area contributed by atoms with E-state index in [1.165, 1.54) is 0 Å². The molecular weight excluding hydrogens is 254 g/mol. The maximum atomic E-state index is 9.98. The van der Waals surface area contributed by atoms with E-state index in [9.17, 15) is 5.11 Å². The molecule has 0 bridgehead atoms. The van der Waals surface area contributed by atoms with E-state index in [0.29, 0.717) is 0 Å². The third-order valence-corrected chi connectivity index (χ3v) is 3.68. The van der Waals surface area contributed by atoms with Crippen molar-refractivity contribution in [3.63, 3.8) is 0 Å². The normalized spacial score (nSPS) is 19.9. The molecule has 1 aliphatic rings. The van der Waals surface area contributed by atoms with Gasteiger partial charge in [0, 0.05) is 6.54 Å². The van der Waals surface area contributed by atoms with Crippen LogP contribution in [0.5, 0.6) is 5.75 Å². The minimum absolute atomic E-state index is 0.352. The minimum Gasteiger partial charge on any atom is -0.493 e. The Balaban J connectivity index is 2.29. The summed E-state index contributed by atoms with van der Waals surface area (Å²) in [5.74, 6) is 0.795. The lowest BCUT2D eigenvalue weighted by Gasteiger charge is -2.14. The van der Waals surface area contributed by atoms with Crippen molar-refractivity contribution in [3.05, 3.63) is 18.0 Å². The van der Waals surface area contributed by atoms with E-state index in [-0.39, 0.29) is 6.10 Å². The summed E-state index contributed by atoms with van der Waals surface area (Å²) in [5.41, 5.74) is 2.18. The van der Waals surface area contributed by atoms with Crippen LogP contribution in [0.3, 0.4) is 0 Å². The van der Waals surface area contributed by atoms with Crippen LogP contribution in [0, 0.1) is 0 Å². The van der Waals surface area contributed by atoms with Gasteiger partial charge in [0.15, 0.2) is 5.75 Å². The second-order valence-electron chi connectivity index (χ2n) is 5.59. The zero-order valence-corrected chi connectivity index (χ0v) is 12.7. The van der Waals surface area contributed by atoms with Gasteiger partial charge in [-0.3, -0.25) is 4.68 Å². The molecule has 1 unspecified atom stereocenters. The smallest absolute Gasteiger partial charge is 0.164 e. The second kappa shape index (κ2) is 6.90. The Kier molecular flexibility index (Phi) is 5.20. The summed E-state index contributed by atoms with van der Waals surface area (Å²) in [4.78, 5) is 2.13. The Labute approximate surface area is 120 Å². The van der Waals surface area contributed by atoms with E-state index in [2.05, 4.69) is 24.1 Å². The van der Waals surface area contributed by atoms with Gasteiger partial charge in [0.25, 0.3) is 0 Å². The van der Waals surface area contributed by atoms with Gasteiger partial charge in [-0.25, -0.2) is 0 Å². The first-order valence-corrected chi connectivity index (χ1v) is 7.25. The number of ether oxygens (including phenoxy) is 1. The van der Waals surface area contributed by atoms with Crippen LogP contribution in [0.4, 0.5) is 0 Å². The minimum atomic E-state index is -0.352. The summed E-state index contributed by atoms with van der Waals surface area (Å²) >= 11 is 0. The van der Waals surface area contributed by atoms with Gasteiger partial charge in [-0.15, -0.1) is 0 Å². The molecule has 1 aromatic rings. The van der Waals surface area contributed by atoms with Crippen molar-refractivity contribution >= 4 is 5.57 Å². The fourth-order valence-corrected chi connectivity index (χ4v) is 2.57. The molecule has 5 heteroatoms. The lowest BCUT2D eigenvalue weighted by molar-refractivity contribution is 0.211. The van der Waals surface area contributed by atoms with Gasteiger partial charge in [0.2, 0.25) is 0 Å². The Hall–Kier alpha value is -1.33. The molecule has 1 N–H and O–H groups in total. The number of hydrogen-bond acceptors (Lipinski definition) is 4. The Morgan fingerprint density at radius 1 is 1.45 bits per heavy atom. The molecule has 0 fully saturated rings. The van der Waals surface area contributed by atoms with Gasteiger partial charge in [0.1, 0.15) is 5.69 Å². The largest absolute Gasteiger partial charge is 0.493 e. The number of methoxy groups -OCH3 is 1. The molecule has 0 aromatic carbocycles.